The number of nitrogens with one attached hydrogen (secondary N) is 1. The smallest absolute Gasteiger partial charge is 0.399 e. The Morgan fingerprint density at radius 2 is 1.78 bits per heavy atom. The monoisotopic (exact) mass is 250 g/mol. The molecule has 5 nitrogen and oxygen atoms in total. The van der Waals surface area contributed by atoms with Crippen molar-refractivity contribution >= 4 is 18.4 Å². The van der Waals surface area contributed by atoms with Crippen molar-refractivity contribution in [3.63, 3.8) is 0 Å². The summed E-state index contributed by atoms with van der Waals surface area (Å²) in [6.07, 6.45) is 1.66. The molecular weight excluding hydrogens is 231 g/mol. The van der Waals surface area contributed by atoms with E-state index in [2.05, 4.69) is 4.98 Å². The van der Waals surface area contributed by atoms with Crippen molar-refractivity contribution < 1.29 is 14.5 Å². The molecule has 0 atom stereocenters. The van der Waals surface area contributed by atoms with E-state index < -0.39 is 7.12 Å². The van der Waals surface area contributed by atoms with Gasteiger partial charge in [-0.25, -0.2) is 4.98 Å². The molecule has 1 aromatic rings. The highest BCUT2D eigenvalue weighted by molar-refractivity contribution is 6.62. The minimum absolute atomic E-state index is 0.363. The van der Waals surface area contributed by atoms with E-state index in [1.54, 1.807) is 12.3 Å². The quantitative estimate of drug-likeness (QED) is 0.615. The van der Waals surface area contributed by atoms with Gasteiger partial charge >= 0.3 is 7.12 Å². The van der Waals surface area contributed by atoms with Crippen LogP contribution in [0.1, 0.15) is 33.3 Å². The third-order valence-electron chi connectivity index (χ3n) is 3.77. The minimum atomic E-state index is -0.421. The fraction of sp³-hybridized carbons (Fsp3) is 0.583. The van der Waals surface area contributed by atoms with Gasteiger partial charge in [-0.1, -0.05) is 0 Å². The van der Waals surface area contributed by atoms with E-state index in [9.17, 15) is 0 Å². The normalized spacial score (nSPS) is 21.1. The van der Waals surface area contributed by atoms with Crippen LogP contribution in [-0.2, 0) is 9.31 Å². The predicted octanol–water partition coefficient (Wildman–Crippen LogP) is 1.49. The van der Waals surface area contributed by atoms with E-state index in [0.717, 1.165) is 11.0 Å². The number of aryl methyl sites for hydroxylation is 1. The van der Waals surface area contributed by atoms with Gasteiger partial charge in [-0.05, 0) is 46.2 Å². The number of rotatable bonds is 2. The summed E-state index contributed by atoms with van der Waals surface area (Å²) in [4.78, 5) is 4.08. The average molecular weight is 250 g/mol. The van der Waals surface area contributed by atoms with Gasteiger partial charge in [0, 0.05) is 11.7 Å². The zero-order chi connectivity index (χ0) is 13.6. The van der Waals surface area contributed by atoms with Crippen LogP contribution in [0.2, 0.25) is 0 Å². The zero-order valence-corrected chi connectivity index (χ0v) is 11.4. The lowest BCUT2D eigenvalue weighted by Crippen LogP contribution is -2.41. The van der Waals surface area contributed by atoms with E-state index in [4.69, 9.17) is 14.5 Å². The fourth-order valence-corrected chi connectivity index (χ4v) is 1.84. The highest BCUT2D eigenvalue weighted by Crippen LogP contribution is 2.36. The molecule has 6 heteroatoms. The molecule has 1 aromatic heterocycles. The Morgan fingerprint density at radius 1 is 1.22 bits per heavy atom. The van der Waals surface area contributed by atoms with E-state index in [-0.39, 0.29) is 11.2 Å². The van der Waals surface area contributed by atoms with E-state index in [1.807, 2.05) is 40.1 Å². The molecule has 0 aromatic carbocycles. The summed E-state index contributed by atoms with van der Waals surface area (Å²) in [7, 11) is -0.421. The molecule has 18 heavy (non-hydrogen) atoms. The van der Waals surface area contributed by atoms with Crippen LogP contribution < -0.4 is 10.9 Å². The molecule has 0 saturated carbocycles. The maximum atomic E-state index is 8.81. The van der Waals surface area contributed by atoms with Gasteiger partial charge in [-0.3, -0.25) is 10.7 Å². The summed E-state index contributed by atoms with van der Waals surface area (Å²) in [6.45, 7) is 9.99. The van der Waals surface area contributed by atoms with Crippen LogP contribution in [0.25, 0.3) is 0 Å². The first-order valence-electron chi connectivity index (χ1n) is 5.99. The number of aromatic nitrogens is 1. The number of nitrogens with zero attached hydrogens (tertiary/aromatic N) is 1. The fourth-order valence-electron chi connectivity index (χ4n) is 1.84. The van der Waals surface area contributed by atoms with Crippen LogP contribution >= 0.6 is 0 Å². The Kier molecular flexibility index (Phi) is 3.13. The highest BCUT2D eigenvalue weighted by Gasteiger charge is 2.52. The average Bonchev–Trinajstić information content (AvgIpc) is 2.47. The molecule has 1 fully saturated rings. The number of hydrogen-bond donors (Lipinski definition) is 2. The zero-order valence-electron chi connectivity index (χ0n) is 11.4. The second-order valence-corrected chi connectivity index (χ2v) is 5.63. The molecule has 2 N–H and O–H groups in total. The predicted molar refractivity (Wildman–Crippen MR) is 70.1 cm³/mol. The third-order valence-corrected chi connectivity index (χ3v) is 3.77. The summed E-state index contributed by atoms with van der Waals surface area (Å²) in [5.41, 5.74) is 3.14. The van der Waals surface area contributed by atoms with E-state index in [0.29, 0.717) is 5.82 Å². The molecule has 0 aliphatic carbocycles. The molecular formula is C12H19BN2O3. The molecule has 1 saturated heterocycles. The van der Waals surface area contributed by atoms with E-state index in [1.165, 1.54) is 0 Å². The van der Waals surface area contributed by atoms with Gasteiger partial charge in [-0.2, -0.15) is 0 Å². The first kappa shape index (κ1) is 13.3. The summed E-state index contributed by atoms with van der Waals surface area (Å²) in [6, 6.07) is 1.75. The molecule has 1 aliphatic heterocycles. The molecule has 0 spiro atoms. The minimum Gasteiger partial charge on any atom is -0.399 e. The molecule has 0 amide bonds. The maximum Gasteiger partial charge on any atom is 0.496 e. The highest BCUT2D eigenvalue weighted by atomic mass is 16.7. The second kappa shape index (κ2) is 4.22. The second-order valence-electron chi connectivity index (χ2n) is 5.63. The van der Waals surface area contributed by atoms with Gasteiger partial charge in [-0.15, -0.1) is 0 Å². The van der Waals surface area contributed by atoms with E-state index >= 15 is 0 Å². The summed E-state index contributed by atoms with van der Waals surface area (Å²) in [5, 5.41) is 8.81. The molecule has 0 bridgehead atoms. The Hall–Kier alpha value is -1.11. The lowest BCUT2D eigenvalue weighted by atomic mass is 9.77. The third kappa shape index (κ3) is 2.11. The summed E-state index contributed by atoms with van der Waals surface area (Å²) < 4.78 is 11.9. The van der Waals surface area contributed by atoms with Gasteiger partial charge in [0.25, 0.3) is 0 Å². The summed E-state index contributed by atoms with van der Waals surface area (Å²) >= 11 is 0. The Labute approximate surface area is 108 Å². The number of hydrogen-bond acceptors (Lipinski definition) is 5. The van der Waals surface area contributed by atoms with Crippen molar-refractivity contribution in [2.75, 3.05) is 5.48 Å². The Morgan fingerprint density at radius 3 is 2.22 bits per heavy atom. The van der Waals surface area contributed by atoms with Crippen molar-refractivity contribution in [1.82, 2.24) is 4.98 Å². The van der Waals surface area contributed by atoms with Gasteiger partial charge in [0.05, 0.1) is 11.2 Å². The topological polar surface area (TPSA) is 63.6 Å². The van der Waals surface area contributed by atoms with Crippen LogP contribution in [-0.4, -0.2) is 28.5 Å². The molecule has 98 valence electrons. The van der Waals surface area contributed by atoms with Gasteiger partial charge in [0.1, 0.15) is 5.82 Å². The van der Waals surface area contributed by atoms with Crippen LogP contribution in [0.15, 0.2) is 12.3 Å². The van der Waals surface area contributed by atoms with Crippen LogP contribution in [0.5, 0.6) is 0 Å². The van der Waals surface area contributed by atoms with Crippen molar-refractivity contribution in [2.24, 2.45) is 0 Å². The van der Waals surface area contributed by atoms with Crippen LogP contribution in [0.4, 0.5) is 5.82 Å². The largest absolute Gasteiger partial charge is 0.496 e. The SMILES string of the molecule is Cc1cc(NO)ncc1B1OC(C)(C)C(C)(C)O1. The van der Waals surface area contributed by atoms with Gasteiger partial charge < -0.3 is 9.31 Å². The van der Waals surface area contributed by atoms with Crippen molar-refractivity contribution in [2.45, 2.75) is 45.8 Å². The molecule has 0 unspecified atom stereocenters. The van der Waals surface area contributed by atoms with Crippen molar-refractivity contribution in [3.8, 4) is 0 Å². The van der Waals surface area contributed by atoms with Crippen LogP contribution in [0.3, 0.4) is 0 Å². The maximum absolute atomic E-state index is 8.81. The Bertz CT molecular complexity index is 447. The standard InChI is InChI=1S/C12H19BN2O3/c1-8-6-10(15-16)14-7-9(8)13-17-11(2,3)12(4,5)18-13/h6-7,16H,1-5H3,(H,14,15). The van der Waals surface area contributed by atoms with Crippen LogP contribution in [0, 0.1) is 6.92 Å². The van der Waals surface area contributed by atoms with Crippen molar-refractivity contribution in [3.05, 3.63) is 17.8 Å². The Balaban J connectivity index is 2.30. The first-order chi connectivity index (χ1) is 8.27. The summed E-state index contributed by atoms with van der Waals surface area (Å²) in [5.74, 6) is 0.410. The van der Waals surface area contributed by atoms with Gasteiger partial charge in [0.15, 0.2) is 0 Å². The van der Waals surface area contributed by atoms with Gasteiger partial charge in [0.2, 0.25) is 0 Å². The molecule has 2 heterocycles. The first-order valence-corrected chi connectivity index (χ1v) is 5.99. The lowest BCUT2D eigenvalue weighted by molar-refractivity contribution is 0.00578. The number of anilines is 1. The lowest BCUT2D eigenvalue weighted by Gasteiger charge is -2.32. The van der Waals surface area contributed by atoms with Crippen molar-refractivity contribution in [1.29, 1.82) is 0 Å². The molecule has 1 aliphatic rings. The molecule has 2 rings (SSSR count). The molecule has 0 radical (unpaired) electrons. The number of pyridine rings is 1.